The number of pyridine rings is 1. The fourth-order valence-electron chi connectivity index (χ4n) is 1.94. The van der Waals surface area contributed by atoms with Crippen molar-refractivity contribution >= 4 is 18.6 Å². The maximum Gasteiger partial charge on any atom is 0.497 e. The summed E-state index contributed by atoms with van der Waals surface area (Å²) in [4.78, 5) is 15.7. The lowest BCUT2D eigenvalue weighted by Crippen LogP contribution is -2.41. The number of aromatic nitrogens is 1. The van der Waals surface area contributed by atoms with Crippen LogP contribution in [0.1, 0.15) is 38.1 Å². The summed E-state index contributed by atoms with van der Waals surface area (Å²) in [5.74, 6) is -0.918. The Morgan fingerprint density at radius 3 is 2.30 bits per heavy atom. The minimum absolute atomic E-state index is 0.0148. The van der Waals surface area contributed by atoms with E-state index >= 15 is 0 Å². The summed E-state index contributed by atoms with van der Waals surface area (Å²) >= 11 is 0. The third-order valence-corrected chi connectivity index (χ3v) is 3.85. The van der Waals surface area contributed by atoms with E-state index in [1.807, 2.05) is 27.7 Å². The molecule has 1 fully saturated rings. The average molecular weight is 279 g/mol. The molecule has 0 atom stereocenters. The van der Waals surface area contributed by atoms with Crippen LogP contribution >= 0.6 is 0 Å². The minimum Gasteiger partial charge on any atom is -0.505 e. The molecule has 1 N–H and O–H groups in total. The van der Waals surface area contributed by atoms with Crippen molar-refractivity contribution < 1.29 is 23.9 Å². The number of ether oxygens (including phenoxy) is 1. The second-order valence-corrected chi connectivity index (χ2v) is 5.70. The topological polar surface area (TPSA) is 77.9 Å². The standard InChI is InChI=1S/C13H18BNO5/c1-12(2)13(3,4)20-14(19-12)8-6-15-7-9(16)10(8)11(17)18-5/h6-7,16H,1-5H3. The maximum atomic E-state index is 11.8. The summed E-state index contributed by atoms with van der Waals surface area (Å²) in [5, 5.41) is 9.84. The van der Waals surface area contributed by atoms with E-state index in [0.717, 1.165) is 0 Å². The van der Waals surface area contributed by atoms with Crippen LogP contribution in [-0.4, -0.2) is 41.5 Å². The second-order valence-electron chi connectivity index (χ2n) is 5.70. The summed E-state index contributed by atoms with van der Waals surface area (Å²) in [6, 6.07) is 0. The van der Waals surface area contributed by atoms with Crippen molar-refractivity contribution in [3.05, 3.63) is 18.0 Å². The Morgan fingerprint density at radius 2 is 1.80 bits per heavy atom. The molecular weight excluding hydrogens is 261 g/mol. The Kier molecular flexibility index (Phi) is 3.52. The summed E-state index contributed by atoms with van der Waals surface area (Å²) in [5.41, 5.74) is -0.718. The summed E-state index contributed by atoms with van der Waals surface area (Å²) in [6.07, 6.45) is 2.62. The Morgan fingerprint density at radius 1 is 1.25 bits per heavy atom. The second kappa shape index (κ2) is 4.75. The van der Waals surface area contributed by atoms with Crippen LogP contribution < -0.4 is 5.46 Å². The van der Waals surface area contributed by atoms with Crippen LogP contribution in [-0.2, 0) is 14.0 Å². The van der Waals surface area contributed by atoms with Gasteiger partial charge in [0.25, 0.3) is 0 Å². The molecule has 0 bridgehead atoms. The molecule has 0 unspecified atom stereocenters. The number of hydrogen-bond donors (Lipinski definition) is 1. The number of nitrogens with zero attached hydrogens (tertiary/aromatic N) is 1. The van der Waals surface area contributed by atoms with E-state index < -0.39 is 24.3 Å². The highest BCUT2D eigenvalue weighted by Gasteiger charge is 2.53. The third kappa shape index (κ3) is 2.27. The molecule has 20 heavy (non-hydrogen) atoms. The number of carbonyl (C=O) groups excluding carboxylic acids is 1. The first kappa shape index (κ1) is 14.8. The van der Waals surface area contributed by atoms with Crippen LogP contribution in [0, 0.1) is 0 Å². The van der Waals surface area contributed by atoms with Crippen molar-refractivity contribution in [2.75, 3.05) is 7.11 Å². The molecule has 7 heteroatoms. The number of methoxy groups -OCH3 is 1. The van der Waals surface area contributed by atoms with Gasteiger partial charge >= 0.3 is 13.1 Å². The lowest BCUT2D eigenvalue weighted by molar-refractivity contribution is 0.00578. The predicted molar refractivity (Wildman–Crippen MR) is 73.0 cm³/mol. The Balaban J connectivity index is 2.46. The van der Waals surface area contributed by atoms with E-state index in [2.05, 4.69) is 9.72 Å². The van der Waals surface area contributed by atoms with E-state index in [1.165, 1.54) is 19.5 Å². The first-order valence-corrected chi connectivity index (χ1v) is 6.30. The van der Waals surface area contributed by atoms with Crippen LogP contribution in [0.2, 0.25) is 0 Å². The highest BCUT2D eigenvalue weighted by molar-refractivity contribution is 6.63. The average Bonchev–Trinajstić information content (AvgIpc) is 2.57. The van der Waals surface area contributed by atoms with Gasteiger partial charge < -0.3 is 19.2 Å². The fourth-order valence-corrected chi connectivity index (χ4v) is 1.94. The number of aromatic hydroxyl groups is 1. The zero-order valence-electron chi connectivity index (χ0n) is 12.3. The SMILES string of the molecule is COC(=O)c1c(O)cncc1B1OC(C)(C)C(C)(C)O1. The van der Waals surface area contributed by atoms with Gasteiger partial charge in [-0.3, -0.25) is 4.98 Å². The van der Waals surface area contributed by atoms with Gasteiger partial charge in [0.1, 0.15) is 11.3 Å². The molecule has 0 radical (unpaired) electrons. The lowest BCUT2D eigenvalue weighted by Gasteiger charge is -2.32. The van der Waals surface area contributed by atoms with Crippen LogP contribution in [0.4, 0.5) is 0 Å². The van der Waals surface area contributed by atoms with E-state index in [-0.39, 0.29) is 11.3 Å². The van der Waals surface area contributed by atoms with Crippen LogP contribution in [0.3, 0.4) is 0 Å². The Bertz CT molecular complexity index is 528. The molecule has 0 amide bonds. The van der Waals surface area contributed by atoms with Gasteiger partial charge in [0, 0.05) is 11.7 Å². The van der Waals surface area contributed by atoms with E-state index in [9.17, 15) is 9.90 Å². The highest BCUT2D eigenvalue weighted by atomic mass is 16.7. The van der Waals surface area contributed by atoms with Crippen LogP contribution in [0.5, 0.6) is 5.75 Å². The minimum atomic E-state index is -0.784. The summed E-state index contributed by atoms with van der Waals surface area (Å²) in [7, 11) is 0.463. The molecule has 0 aliphatic carbocycles. The molecular formula is C13H18BNO5. The molecule has 0 spiro atoms. The monoisotopic (exact) mass is 279 g/mol. The predicted octanol–water partition coefficient (Wildman–Crippen LogP) is 0.873. The number of esters is 1. The van der Waals surface area contributed by atoms with Gasteiger partial charge in [-0.05, 0) is 27.7 Å². The quantitative estimate of drug-likeness (QED) is 0.639. The number of carbonyl (C=O) groups is 1. The molecule has 2 heterocycles. The molecule has 1 aliphatic rings. The first-order chi connectivity index (χ1) is 9.19. The van der Waals surface area contributed by atoms with Crippen molar-refractivity contribution in [3.63, 3.8) is 0 Å². The Labute approximate surface area is 118 Å². The largest absolute Gasteiger partial charge is 0.505 e. The van der Waals surface area contributed by atoms with Gasteiger partial charge in [-0.1, -0.05) is 0 Å². The molecule has 6 nitrogen and oxygen atoms in total. The smallest absolute Gasteiger partial charge is 0.497 e. The number of hydrogen-bond acceptors (Lipinski definition) is 6. The van der Waals surface area contributed by atoms with E-state index in [4.69, 9.17) is 9.31 Å². The fraction of sp³-hybridized carbons (Fsp3) is 0.538. The molecule has 2 rings (SSSR count). The van der Waals surface area contributed by atoms with Crippen molar-refractivity contribution in [2.24, 2.45) is 0 Å². The summed E-state index contributed by atoms with van der Waals surface area (Å²) < 4.78 is 16.4. The molecule has 0 saturated carbocycles. The van der Waals surface area contributed by atoms with Crippen molar-refractivity contribution in [1.82, 2.24) is 4.98 Å². The highest BCUT2D eigenvalue weighted by Crippen LogP contribution is 2.37. The zero-order chi connectivity index (χ0) is 15.1. The normalized spacial score (nSPS) is 19.9. The Hall–Kier alpha value is -1.60. The molecule has 1 aromatic heterocycles. The molecule has 1 aromatic rings. The van der Waals surface area contributed by atoms with E-state index in [0.29, 0.717) is 5.46 Å². The van der Waals surface area contributed by atoms with Gasteiger partial charge in [0.05, 0.1) is 24.5 Å². The molecule has 0 aromatic carbocycles. The maximum absolute atomic E-state index is 11.8. The molecule has 1 saturated heterocycles. The van der Waals surface area contributed by atoms with Gasteiger partial charge in [0.15, 0.2) is 0 Å². The third-order valence-electron chi connectivity index (χ3n) is 3.85. The lowest BCUT2D eigenvalue weighted by atomic mass is 9.77. The molecule has 108 valence electrons. The van der Waals surface area contributed by atoms with Crippen molar-refractivity contribution in [2.45, 2.75) is 38.9 Å². The van der Waals surface area contributed by atoms with Crippen LogP contribution in [0.25, 0.3) is 0 Å². The van der Waals surface area contributed by atoms with Gasteiger partial charge in [-0.2, -0.15) is 0 Å². The van der Waals surface area contributed by atoms with Crippen LogP contribution in [0.15, 0.2) is 12.4 Å². The molecule has 1 aliphatic heterocycles. The van der Waals surface area contributed by atoms with Crippen molar-refractivity contribution in [3.8, 4) is 5.75 Å². The van der Waals surface area contributed by atoms with Gasteiger partial charge in [-0.25, -0.2) is 4.79 Å². The zero-order valence-corrected chi connectivity index (χ0v) is 12.3. The van der Waals surface area contributed by atoms with Gasteiger partial charge in [0.2, 0.25) is 0 Å². The van der Waals surface area contributed by atoms with Crippen molar-refractivity contribution in [1.29, 1.82) is 0 Å². The summed E-state index contributed by atoms with van der Waals surface area (Å²) in [6.45, 7) is 7.62. The first-order valence-electron chi connectivity index (χ1n) is 6.30. The van der Waals surface area contributed by atoms with E-state index in [1.54, 1.807) is 0 Å². The van der Waals surface area contributed by atoms with Gasteiger partial charge in [-0.15, -0.1) is 0 Å². The number of rotatable bonds is 2.